The second-order valence-electron chi connectivity index (χ2n) is 6.64. The Balaban J connectivity index is 2.30. The largest absolute Gasteiger partial charge is 0.491 e. The maximum atomic E-state index is 11.4. The quantitative estimate of drug-likeness (QED) is 0.688. The fraction of sp³-hybridized carbons (Fsp3) is 0.471. The van der Waals surface area contributed by atoms with Crippen molar-refractivity contribution >= 4 is 46.0 Å². The lowest BCUT2D eigenvalue weighted by Crippen LogP contribution is -2.41. The van der Waals surface area contributed by atoms with Gasteiger partial charge >= 0.3 is 7.12 Å². The molecule has 0 saturated carbocycles. The predicted octanol–water partition coefficient (Wildman–Crippen LogP) is 4.74. The third-order valence-corrected chi connectivity index (χ3v) is 5.58. The molecule has 1 aromatic carbocycles. The van der Waals surface area contributed by atoms with Gasteiger partial charge in [-0.1, -0.05) is 45.9 Å². The Morgan fingerprint density at radius 2 is 1.87 bits per heavy atom. The molecule has 0 aromatic heterocycles. The molecule has 2 rings (SSSR count). The molecule has 0 unspecified atom stereocenters. The SMILES string of the molecule is CC(=O)SCC(=Cc1cccc(Br)c1)B1OC(C)(C)C(C)(C)O1. The van der Waals surface area contributed by atoms with Gasteiger partial charge in [-0.3, -0.25) is 4.79 Å². The van der Waals surface area contributed by atoms with Crippen LogP contribution in [-0.2, 0) is 14.1 Å². The van der Waals surface area contributed by atoms with Crippen LogP contribution in [0, 0.1) is 0 Å². The average Bonchev–Trinajstić information content (AvgIpc) is 2.63. The second-order valence-corrected chi connectivity index (χ2v) is 8.71. The summed E-state index contributed by atoms with van der Waals surface area (Å²) in [4.78, 5) is 11.4. The Hall–Kier alpha value is -0.555. The maximum absolute atomic E-state index is 11.4. The molecule has 1 aliphatic rings. The van der Waals surface area contributed by atoms with Crippen molar-refractivity contribution in [3.8, 4) is 0 Å². The average molecular weight is 397 g/mol. The van der Waals surface area contributed by atoms with E-state index in [4.69, 9.17) is 9.31 Å². The fourth-order valence-corrected chi connectivity index (χ4v) is 3.17. The van der Waals surface area contributed by atoms with Crippen molar-refractivity contribution < 1.29 is 14.1 Å². The number of rotatable bonds is 4. The number of carbonyl (C=O) groups is 1. The van der Waals surface area contributed by atoms with E-state index in [-0.39, 0.29) is 5.12 Å². The van der Waals surface area contributed by atoms with Crippen LogP contribution in [0.2, 0.25) is 0 Å². The first-order valence-corrected chi connectivity index (χ1v) is 9.34. The van der Waals surface area contributed by atoms with Gasteiger partial charge in [0.15, 0.2) is 5.12 Å². The van der Waals surface area contributed by atoms with Crippen molar-refractivity contribution in [2.24, 2.45) is 0 Å². The topological polar surface area (TPSA) is 35.5 Å². The zero-order chi connectivity index (χ0) is 17.3. The van der Waals surface area contributed by atoms with Gasteiger partial charge in [-0.2, -0.15) is 0 Å². The van der Waals surface area contributed by atoms with Gasteiger partial charge in [-0.15, -0.1) is 0 Å². The summed E-state index contributed by atoms with van der Waals surface area (Å²) >= 11 is 4.75. The highest BCUT2D eigenvalue weighted by atomic mass is 79.9. The van der Waals surface area contributed by atoms with Gasteiger partial charge in [0.2, 0.25) is 0 Å². The number of hydrogen-bond acceptors (Lipinski definition) is 4. The first-order valence-electron chi connectivity index (χ1n) is 7.56. The molecule has 0 aliphatic carbocycles. The summed E-state index contributed by atoms with van der Waals surface area (Å²) in [6.07, 6.45) is 2.04. The van der Waals surface area contributed by atoms with Crippen molar-refractivity contribution in [2.45, 2.75) is 45.8 Å². The summed E-state index contributed by atoms with van der Waals surface area (Å²) in [6.45, 7) is 9.69. The van der Waals surface area contributed by atoms with Gasteiger partial charge in [-0.05, 0) is 50.9 Å². The zero-order valence-electron chi connectivity index (χ0n) is 14.2. The highest BCUT2D eigenvalue weighted by molar-refractivity contribution is 9.10. The smallest absolute Gasteiger partial charge is 0.400 e. The minimum Gasteiger partial charge on any atom is -0.400 e. The first-order chi connectivity index (χ1) is 10.6. The minimum atomic E-state index is -0.439. The summed E-state index contributed by atoms with van der Waals surface area (Å²) in [5.41, 5.74) is 1.22. The van der Waals surface area contributed by atoms with Crippen LogP contribution in [0.4, 0.5) is 0 Å². The van der Waals surface area contributed by atoms with Gasteiger partial charge in [0.1, 0.15) is 0 Å². The number of carbonyl (C=O) groups excluding carboxylic acids is 1. The highest BCUT2D eigenvalue weighted by Gasteiger charge is 2.52. The third kappa shape index (κ3) is 4.72. The van der Waals surface area contributed by atoms with E-state index >= 15 is 0 Å². The monoisotopic (exact) mass is 396 g/mol. The number of halogens is 1. The molecule has 124 valence electrons. The Morgan fingerprint density at radius 3 is 2.39 bits per heavy atom. The molecule has 1 aliphatic heterocycles. The van der Waals surface area contributed by atoms with Crippen LogP contribution < -0.4 is 0 Å². The molecule has 0 amide bonds. The molecule has 0 radical (unpaired) electrons. The summed E-state index contributed by atoms with van der Waals surface area (Å²) in [5, 5.41) is 0.0849. The van der Waals surface area contributed by atoms with Crippen LogP contribution in [-0.4, -0.2) is 29.2 Å². The molecule has 23 heavy (non-hydrogen) atoms. The number of hydrogen-bond donors (Lipinski definition) is 0. The first kappa shape index (κ1) is 18.8. The molecule has 6 heteroatoms. The molecule has 0 bridgehead atoms. The molecule has 0 spiro atoms. The van der Waals surface area contributed by atoms with Crippen molar-refractivity contribution in [2.75, 3.05) is 5.75 Å². The van der Waals surface area contributed by atoms with Gasteiger partial charge in [-0.25, -0.2) is 0 Å². The van der Waals surface area contributed by atoms with E-state index < -0.39 is 18.3 Å². The zero-order valence-corrected chi connectivity index (χ0v) is 16.6. The third-order valence-electron chi connectivity index (χ3n) is 4.20. The fourth-order valence-electron chi connectivity index (χ4n) is 2.17. The Bertz CT molecular complexity index is 612. The lowest BCUT2D eigenvalue weighted by atomic mass is 9.78. The van der Waals surface area contributed by atoms with Crippen LogP contribution in [0.3, 0.4) is 0 Å². The van der Waals surface area contributed by atoms with Crippen LogP contribution in [0.1, 0.15) is 40.2 Å². The lowest BCUT2D eigenvalue weighted by Gasteiger charge is -2.32. The van der Waals surface area contributed by atoms with Crippen molar-refractivity contribution in [3.63, 3.8) is 0 Å². The lowest BCUT2D eigenvalue weighted by molar-refractivity contribution is -0.109. The maximum Gasteiger partial charge on any atom is 0.491 e. The molecular weight excluding hydrogens is 375 g/mol. The highest BCUT2D eigenvalue weighted by Crippen LogP contribution is 2.39. The minimum absolute atomic E-state index is 0.0849. The van der Waals surface area contributed by atoms with Gasteiger partial charge in [0, 0.05) is 17.1 Å². The Labute approximate surface area is 151 Å². The summed E-state index contributed by atoms with van der Waals surface area (Å²) in [6, 6.07) is 8.02. The van der Waals surface area contributed by atoms with Crippen LogP contribution in [0.25, 0.3) is 6.08 Å². The van der Waals surface area contributed by atoms with E-state index in [1.807, 2.05) is 58.0 Å². The van der Waals surface area contributed by atoms with Gasteiger partial charge in [0.25, 0.3) is 0 Å². The van der Waals surface area contributed by atoms with Crippen LogP contribution in [0.5, 0.6) is 0 Å². The van der Waals surface area contributed by atoms with Gasteiger partial charge < -0.3 is 9.31 Å². The summed E-state index contributed by atoms with van der Waals surface area (Å²) in [5.74, 6) is 0.554. The molecule has 1 saturated heterocycles. The summed E-state index contributed by atoms with van der Waals surface area (Å²) in [7, 11) is -0.439. The molecule has 1 heterocycles. The van der Waals surface area contributed by atoms with E-state index in [1.165, 1.54) is 11.8 Å². The summed E-state index contributed by atoms with van der Waals surface area (Å²) < 4.78 is 13.3. The van der Waals surface area contributed by atoms with Crippen LogP contribution >= 0.6 is 27.7 Å². The van der Waals surface area contributed by atoms with E-state index in [0.717, 1.165) is 15.5 Å². The van der Waals surface area contributed by atoms with Crippen LogP contribution in [0.15, 0.2) is 34.2 Å². The molecule has 1 fully saturated rings. The molecule has 1 aromatic rings. The van der Waals surface area contributed by atoms with E-state index in [1.54, 1.807) is 6.92 Å². The Kier molecular flexibility index (Phi) is 5.83. The Morgan fingerprint density at radius 1 is 1.26 bits per heavy atom. The van der Waals surface area contributed by atoms with Crippen molar-refractivity contribution in [3.05, 3.63) is 39.8 Å². The number of benzene rings is 1. The second kappa shape index (κ2) is 7.13. The molecule has 0 atom stereocenters. The van der Waals surface area contributed by atoms with Gasteiger partial charge in [0.05, 0.1) is 11.2 Å². The molecular formula is C17H22BBrO3S. The molecule has 3 nitrogen and oxygen atoms in total. The standard InChI is InChI=1S/C17H22BBrO3S/c1-12(20)23-11-14(9-13-7-6-8-15(19)10-13)18-21-16(2,3)17(4,5)22-18/h6-10H,11H2,1-5H3. The molecule has 0 N–H and O–H groups in total. The normalized spacial score (nSPS) is 19.9. The van der Waals surface area contributed by atoms with E-state index in [9.17, 15) is 4.79 Å². The predicted molar refractivity (Wildman–Crippen MR) is 101 cm³/mol. The van der Waals surface area contributed by atoms with Crippen molar-refractivity contribution in [1.82, 2.24) is 0 Å². The van der Waals surface area contributed by atoms with E-state index in [2.05, 4.69) is 15.9 Å². The number of thioether (sulfide) groups is 1. The van der Waals surface area contributed by atoms with E-state index in [0.29, 0.717) is 5.75 Å². The van der Waals surface area contributed by atoms with Crippen molar-refractivity contribution in [1.29, 1.82) is 0 Å².